The quantitative estimate of drug-likeness (QED) is 0.0205. The number of pyridine rings is 12. The molecule has 0 saturated carbocycles. The van der Waals surface area contributed by atoms with Crippen LogP contribution in [0.15, 0.2) is 170 Å². The maximum Gasteiger partial charge on any atom is 2.00 e. The number of rotatable bonds is 36. The third kappa shape index (κ3) is 26.3. The van der Waals surface area contributed by atoms with Crippen molar-refractivity contribution in [3.63, 3.8) is 0 Å². The number of benzene rings is 2. The van der Waals surface area contributed by atoms with Crippen molar-refractivity contribution in [1.82, 2.24) is 69.8 Å². The third-order valence-corrected chi connectivity index (χ3v) is 23.2. The molecule has 13 heterocycles. The number of fused-ring (bicyclic) bond motifs is 12. The molecule has 15 aromatic rings. The molecule has 0 fully saturated rings. The van der Waals surface area contributed by atoms with Gasteiger partial charge in [0.2, 0.25) is 0 Å². The van der Waals surface area contributed by atoms with E-state index < -0.39 is 0 Å². The molecule has 0 atom stereocenters. The van der Waals surface area contributed by atoms with E-state index in [1.165, 1.54) is 141 Å². The number of aryl methyl sites for hydroxylation is 16. The molecule has 0 radical (unpaired) electrons. The zero-order valence-electron chi connectivity index (χ0n) is 79.8. The normalized spacial score (nSPS) is 11.1. The van der Waals surface area contributed by atoms with Crippen molar-refractivity contribution < 1.29 is 39.0 Å². The molecule has 13 aromatic heterocycles. The minimum absolute atomic E-state index is 0. The van der Waals surface area contributed by atoms with Gasteiger partial charge in [-0.25, -0.2) is 9.97 Å². The molecular weight excluding hydrogens is 1740 g/mol. The Hall–Kier alpha value is -9.87. The summed E-state index contributed by atoms with van der Waals surface area (Å²) in [6.07, 6.45) is 43.0. The molecule has 0 saturated heterocycles. The average molecular weight is 1880 g/mol. The van der Waals surface area contributed by atoms with E-state index in [-0.39, 0.29) is 39.0 Å². The maximum absolute atomic E-state index is 5.14. The molecule has 0 aliphatic carbocycles. The Kier molecular flexibility index (Phi) is 42.4. The van der Waals surface area contributed by atoms with Crippen LogP contribution in [0.4, 0.5) is 0 Å². The van der Waals surface area contributed by atoms with E-state index in [4.69, 9.17) is 49.8 Å². The van der Waals surface area contributed by atoms with Gasteiger partial charge in [0, 0.05) is 91.9 Å². The molecule has 0 amide bonds. The Bertz CT molecular complexity index is 5070. The van der Waals surface area contributed by atoms with Gasteiger partial charge in [0.1, 0.15) is 0 Å². The summed E-state index contributed by atoms with van der Waals surface area (Å²) in [5.41, 5.74) is 36.1. The van der Waals surface area contributed by atoms with Gasteiger partial charge in [0.25, 0.3) is 0 Å². The molecule has 670 valence electrons. The van der Waals surface area contributed by atoms with Crippen LogP contribution < -0.4 is 0 Å². The zero-order valence-corrected chi connectivity index (χ0v) is 83.2. The second-order valence-corrected chi connectivity index (χ2v) is 33.6. The largest absolute Gasteiger partial charge is 2.00 e. The van der Waals surface area contributed by atoms with E-state index >= 15 is 0 Å². The van der Waals surface area contributed by atoms with Gasteiger partial charge in [-0.1, -0.05) is 262 Å². The van der Waals surface area contributed by atoms with E-state index in [0.29, 0.717) is 0 Å². The second kappa shape index (κ2) is 53.3. The van der Waals surface area contributed by atoms with Crippen molar-refractivity contribution in [2.24, 2.45) is 0 Å². The molecule has 14 nitrogen and oxygen atoms in total. The topological polar surface area (TPSA) is 180 Å². The molecule has 0 aliphatic rings. The van der Waals surface area contributed by atoms with Crippen molar-refractivity contribution in [2.75, 3.05) is 0 Å². The van der Waals surface area contributed by atoms with Crippen molar-refractivity contribution >= 4 is 65.7 Å². The number of hydrogen-bond donors (Lipinski definition) is 0. The fraction of sp³-hybridized carbons (Fsp3) is 0.429. The zero-order chi connectivity index (χ0) is 89.1. The fourth-order valence-electron chi connectivity index (χ4n) is 17.3. The van der Waals surface area contributed by atoms with E-state index in [1.807, 2.05) is 48.5 Å². The third-order valence-electron chi connectivity index (χ3n) is 23.2. The summed E-state index contributed by atoms with van der Waals surface area (Å²) in [5, 5.41) is 3.76. The Labute approximate surface area is 790 Å². The summed E-state index contributed by atoms with van der Waals surface area (Å²) < 4.78 is 0. The minimum Gasteiger partial charge on any atom is -0.254 e. The SMILES string of the molecule is CCCc1ccc(-c2ccc(CCC)c(CCC)n2)nc1CCC.CCCc1ccc(-c2ccc(CCC)c(CCC)n2)nc1CCC.CCCc1ccc(-c2ccc(CCC)c(CCC)n2)nc1CCC.CCCc1ccc(-c2ccc(CCC)c(CCC)n2)nc1CCC.[Ru+2].[Ru+2].c1cnc2c(c1)c1nc3c4cccnc4c4ncccc4c3nc1c1cccnc12. The van der Waals surface area contributed by atoms with Crippen LogP contribution in [0, 0.1) is 0 Å². The van der Waals surface area contributed by atoms with Gasteiger partial charge in [-0.2, -0.15) is 0 Å². The van der Waals surface area contributed by atoms with Crippen LogP contribution in [0.5, 0.6) is 0 Å². The van der Waals surface area contributed by atoms with Gasteiger partial charge in [0.15, 0.2) is 0 Å². The number of nitrogens with zero attached hydrogens (tertiary/aromatic N) is 14. The molecule has 0 spiro atoms. The molecule has 16 heteroatoms. The van der Waals surface area contributed by atoms with Crippen LogP contribution in [0.1, 0.15) is 304 Å². The van der Waals surface area contributed by atoms with Gasteiger partial charge in [-0.05, 0) is 244 Å². The smallest absolute Gasteiger partial charge is 0.254 e. The van der Waals surface area contributed by atoms with Crippen LogP contribution >= 0.6 is 0 Å². The first kappa shape index (κ1) is 102. The Balaban J connectivity index is 0.000000181. The van der Waals surface area contributed by atoms with Crippen LogP contribution in [0.2, 0.25) is 0 Å². The number of aromatic nitrogens is 14. The first-order valence-electron chi connectivity index (χ1n) is 48.5. The molecule has 0 bridgehead atoms. The summed E-state index contributed by atoms with van der Waals surface area (Å²) in [7, 11) is 0. The molecule has 0 aliphatic heterocycles. The van der Waals surface area contributed by atoms with Gasteiger partial charge in [0.05, 0.1) is 89.7 Å². The molecular formula is C112H140N14Ru2+4. The van der Waals surface area contributed by atoms with E-state index in [2.05, 4.69) is 228 Å². The molecule has 0 N–H and O–H groups in total. The molecule has 0 unspecified atom stereocenters. The summed E-state index contributed by atoms with van der Waals surface area (Å²) in [4.78, 5) is 68.4. The van der Waals surface area contributed by atoms with Crippen molar-refractivity contribution in [3.8, 4) is 45.6 Å². The number of hydrogen-bond acceptors (Lipinski definition) is 14. The van der Waals surface area contributed by atoms with E-state index in [1.54, 1.807) is 24.8 Å². The fourth-order valence-corrected chi connectivity index (χ4v) is 17.3. The average Bonchev–Trinajstić information content (AvgIpc) is 0.716. The Morgan fingerprint density at radius 2 is 0.281 bits per heavy atom. The maximum atomic E-state index is 5.14. The van der Waals surface area contributed by atoms with Crippen molar-refractivity contribution in [2.45, 2.75) is 316 Å². The van der Waals surface area contributed by atoms with Gasteiger partial charge in [-0.3, -0.25) is 59.8 Å². The standard InChI is InChI=1S/C24H12N6.4C22H32N2.2Ru/c1-5-13-17(25-9-1)18-14(6-2-10-26-18)22-21(13)29-23-15-7-3-11-27-19(15)20-16(24(23)30-22)8-4-12-28-20;4*1-5-9-17-13-15-21(23-19(17)11-7-3)22-16-14-18(10-6-2)20(24-22)12-8-4;;/h1-12H;4*13-16H,5-12H2,1-4H3;;/q;;;;;2*+2. The summed E-state index contributed by atoms with van der Waals surface area (Å²) in [5.74, 6) is 0. The minimum atomic E-state index is 0. The summed E-state index contributed by atoms with van der Waals surface area (Å²) >= 11 is 0. The van der Waals surface area contributed by atoms with Gasteiger partial charge in [-0.15, -0.1) is 0 Å². The summed E-state index contributed by atoms with van der Waals surface area (Å²) in [6.45, 7) is 35.6. The monoisotopic (exact) mass is 1880 g/mol. The summed E-state index contributed by atoms with van der Waals surface area (Å²) in [6, 6.07) is 51.1. The predicted molar refractivity (Wildman–Crippen MR) is 532 cm³/mol. The first-order chi connectivity index (χ1) is 61.8. The van der Waals surface area contributed by atoms with Crippen LogP contribution in [-0.2, 0) is 142 Å². The Morgan fingerprint density at radius 3 is 0.406 bits per heavy atom. The second-order valence-electron chi connectivity index (χ2n) is 33.6. The molecule has 128 heavy (non-hydrogen) atoms. The molecule has 15 rings (SSSR count). The predicted octanol–water partition coefficient (Wildman–Crippen LogP) is 28.8. The van der Waals surface area contributed by atoms with E-state index in [9.17, 15) is 0 Å². The first-order valence-corrected chi connectivity index (χ1v) is 48.5. The Morgan fingerprint density at radius 1 is 0.148 bits per heavy atom. The van der Waals surface area contributed by atoms with Crippen LogP contribution in [0.3, 0.4) is 0 Å². The van der Waals surface area contributed by atoms with Crippen LogP contribution in [0.25, 0.3) is 111 Å². The molecule has 2 aromatic carbocycles. The van der Waals surface area contributed by atoms with Gasteiger partial charge < -0.3 is 0 Å². The van der Waals surface area contributed by atoms with Crippen molar-refractivity contribution in [3.05, 3.63) is 260 Å². The van der Waals surface area contributed by atoms with Gasteiger partial charge >= 0.3 is 39.0 Å². The van der Waals surface area contributed by atoms with Crippen molar-refractivity contribution in [1.29, 1.82) is 0 Å². The van der Waals surface area contributed by atoms with E-state index in [0.717, 1.165) is 265 Å². The van der Waals surface area contributed by atoms with Crippen LogP contribution in [-0.4, -0.2) is 69.8 Å².